The zero-order valence-electron chi connectivity index (χ0n) is 14.1. The first-order valence-corrected chi connectivity index (χ1v) is 8.80. The van der Waals surface area contributed by atoms with Gasteiger partial charge in [0, 0.05) is 43.7 Å². The van der Waals surface area contributed by atoms with Crippen molar-refractivity contribution in [1.82, 2.24) is 20.3 Å². The molecule has 0 atom stereocenters. The van der Waals surface area contributed by atoms with E-state index in [0.29, 0.717) is 23.0 Å². The standard InChI is InChI=1S/C17H24N6OS/c18-16(25)20-8-3-1-2-4-9-21-17-22-12-14(15(24)23-17)10-13-6-5-7-19-11-13/h5-7,11-12H,1-4,8-10H2,(H3,18,20,25)(H2,21,22,23,24). The molecule has 0 aliphatic carbocycles. The predicted octanol–water partition coefficient (Wildman–Crippen LogP) is 1.56. The number of nitrogens with zero attached hydrogens (tertiary/aromatic N) is 2. The number of aromatic nitrogens is 3. The summed E-state index contributed by atoms with van der Waals surface area (Å²) >= 11 is 4.74. The average Bonchev–Trinajstić information content (AvgIpc) is 2.60. The van der Waals surface area contributed by atoms with Crippen LogP contribution >= 0.6 is 12.2 Å². The minimum Gasteiger partial charge on any atom is -0.376 e. The molecule has 2 heterocycles. The first-order valence-electron chi connectivity index (χ1n) is 8.39. The maximum absolute atomic E-state index is 12.1. The van der Waals surface area contributed by atoms with Gasteiger partial charge in [0.15, 0.2) is 5.11 Å². The Morgan fingerprint density at radius 2 is 2.00 bits per heavy atom. The van der Waals surface area contributed by atoms with Gasteiger partial charge in [0.25, 0.3) is 5.56 Å². The summed E-state index contributed by atoms with van der Waals surface area (Å²) in [5, 5.41) is 6.43. The molecule has 0 aliphatic rings. The zero-order valence-corrected chi connectivity index (χ0v) is 14.9. The van der Waals surface area contributed by atoms with Gasteiger partial charge >= 0.3 is 0 Å². The number of hydrogen-bond donors (Lipinski definition) is 4. The molecule has 25 heavy (non-hydrogen) atoms. The lowest BCUT2D eigenvalue weighted by Crippen LogP contribution is -2.29. The third-order valence-electron chi connectivity index (χ3n) is 3.69. The summed E-state index contributed by atoms with van der Waals surface area (Å²) in [5.74, 6) is 0.509. The number of anilines is 1. The molecule has 0 fully saturated rings. The van der Waals surface area contributed by atoms with E-state index >= 15 is 0 Å². The van der Waals surface area contributed by atoms with E-state index in [4.69, 9.17) is 18.0 Å². The number of nitrogens with two attached hydrogens (primary N) is 1. The Labute approximate surface area is 152 Å². The molecule has 0 unspecified atom stereocenters. The summed E-state index contributed by atoms with van der Waals surface area (Å²) in [6.45, 7) is 1.59. The van der Waals surface area contributed by atoms with Crippen molar-refractivity contribution in [3.63, 3.8) is 0 Å². The van der Waals surface area contributed by atoms with Crippen molar-refractivity contribution >= 4 is 23.3 Å². The number of unbranched alkanes of at least 4 members (excludes halogenated alkanes) is 3. The van der Waals surface area contributed by atoms with E-state index in [0.717, 1.165) is 44.3 Å². The van der Waals surface area contributed by atoms with Crippen LogP contribution in [0.5, 0.6) is 0 Å². The van der Waals surface area contributed by atoms with Crippen molar-refractivity contribution in [2.24, 2.45) is 5.73 Å². The second kappa shape index (κ2) is 10.4. The second-order valence-corrected chi connectivity index (χ2v) is 6.20. The normalized spacial score (nSPS) is 10.4. The summed E-state index contributed by atoms with van der Waals surface area (Å²) in [7, 11) is 0. The van der Waals surface area contributed by atoms with E-state index < -0.39 is 0 Å². The molecule has 0 bridgehead atoms. The summed E-state index contributed by atoms with van der Waals surface area (Å²) in [6, 6.07) is 3.79. The lowest BCUT2D eigenvalue weighted by atomic mass is 10.1. The van der Waals surface area contributed by atoms with Crippen LogP contribution in [-0.4, -0.2) is 33.2 Å². The van der Waals surface area contributed by atoms with Crippen molar-refractivity contribution in [3.05, 3.63) is 52.2 Å². The smallest absolute Gasteiger partial charge is 0.255 e. The third-order valence-corrected chi connectivity index (χ3v) is 3.83. The first kappa shape index (κ1) is 18.9. The first-order chi connectivity index (χ1) is 12.1. The van der Waals surface area contributed by atoms with Gasteiger partial charge in [-0.25, -0.2) is 4.98 Å². The Morgan fingerprint density at radius 1 is 1.20 bits per heavy atom. The largest absolute Gasteiger partial charge is 0.376 e. The quantitative estimate of drug-likeness (QED) is 0.376. The fraction of sp³-hybridized carbons (Fsp3) is 0.412. The molecular weight excluding hydrogens is 336 g/mol. The van der Waals surface area contributed by atoms with E-state index in [1.807, 2.05) is 12.1 Å². The summed E-state index contributed by atoms with van der Waals surface area (Å²) in [4.78, 5) is 23.2. The fourth-order valence-electron chi connectivity index (χ4n) is 2.38. The van der Waals surface area contributed by atoms with Crippen molar-refractivity contribution in [2.45, 2.75) is 32.1 Å². The SMILES string of the molecule is NC(=S)NCCCCCCNc1ncc(Cc2cccnc2)c(=O)[nH]1. The molecule has 0 saturated heterocycles. The Balaban J connectivity index is 1.68. The molecule has 0 amide bonds. The number of nitrogens with one attached hydrogen (secondary N) is 3. The van der Waals surface area contributed by atoms with Gasteiger partial charge in [0.2, 0.25) is 5.95 Å². The molecule has 0 aliphatic heterocycles. The van der Waals surface area contributed by atoms with Crippen molar-refractivity contribution in [3.8, 4) is 0 Å². The highest BCUT2D eigenvalue weighted by Gasteiger charge is 2.04. The van der Waals surface area contributed by atoms with Crippen LogP contribution in [0.2, 0.25) is 0 Å². The highest BCUT2D eigenvalue weighted by molar-refractivity contribution is 7.80. The number of hydrogen-bond acceptors (Lipinski definition) is 5. The number of thiocarbonyl (C=S) groups is 1. The molecule has 0 spiro atoms. The minimum atomic E-state index is -0.120. The number of rotatable bonds is 10. The average molecular weight is 360 g/mol. The van der Waals surface area contributed by atoms with Gasteiger partial charge in [-0.1, -0.05) is 18.9 Å². The van der Waals surface area contributed by atoms with Crippen LogP contribution < -0.4 is 21.9 Å². The summed E-state index contributed by atoms with van der Waals surface area (Å²) in [6.07, 6.45) is 9.85. The third kappa shape index (κ3) is 7.30. The zero-order chi connectivity index (χ0) is 17.9. The highest BCUT2D eigenvalue weighted by Crippen LogP contribution is 2.05. The fourth-order valence-corrected chi connectivity index (χ4v) is 2.48. The van der Waals surface area contributed by atoms with E-state index in [9.17, 15) is 4.79 Å². The van der Waals surface area contributed by atoms with Gasteiger partial charge in [0.1, 0.15) is 0 Å². The Morgan fingerprint density at radius 3 is 2.68 bits per heavy atom. The Kier molecular flexibility index (Phi) is 7.84. The second-order valence-electron chi connectivity index (χ2n) is 5.76. The number of H-pyrrole nitrogens is 1. The topological polar surface area (TPSA) is 109 Å². The molecule has 8 heteroatoms. The lowest BCUT2D eigenvalue weighted by molar-refractivity contribution is 0.643. The van der Waals surface area contributed by atoms with Crippen molar-refractivity contribution in [2.75, 3.05) is 18.4 Å². The van der Waals surface area contributed by atoms with Gasteiger partial charge in [-0.05, 0) is 36.7 Å². The van der Waals surface area contributed by atoms with Gasteiger partial charge in [-0.2, -0.15) is 0 Å². The number of aromatic amines is 1. The Hall–Kier alpha value is -2.48. The van der Waals surface area contributed by atoms with Crippen molar-refractivity contribution < 1.29 is 0 Å². The molecule has 2 aromatic heterocycles. The number of pyridine rings is 1. The van der Waals surface area contributed by atoms with Crippen LogP contribution in [0.1, 0.15) is 36.8 Å². The van der Waals surface area contributed by atoms with Crippen LogP contribution in [-0.2, 0) is 6.42 Å². The van der Waals surface area contributed by atoms with E-state index in [-0.39, 0.29) is 5.56 Å². The summed E-state index contributed by atoms with van der Waals surface area (Å²) in [5.41, 5.74) is 6.85. The molecule has 7 nitrogen and oxygen atoms in total. The van der Waals surface area contributed by atoms with E-state index in [1.54, 1.807) is 18.6 Å². The van der Waals surface area contributed by atoms with Crippen LogP contribution in [0.4, 0.5) is 5.95 Å². The van der Waals surface area contributed by atoms with E-state index in [2.05, 4.69) is 25.6 Å². The van der Waals surface area contributed by atoms with Gasteiger partial charge in [0.05, 0.1) is 0 Å². The monoisotopic (exact) mass is 360 g/mol. The highest BCUT2D eigenvalue weighted by atomic mass is 32.1. The molecule has 0 saturated carbocycles. The molecule has 5 N–H and O–H groups in total. The molecule has 0 radical (unpaired) electrons. The Bertz CT molecular complexity index is 719. The molecule has 0 aromatic carbocycles. The van der Waals surface area contributed by atoms with Gasteiger partial charge < -0.3 is 16.4 Å². The van der Waals surface area contributed by atoms with Crippen molar-refractivity contribution in [1.29, 1.82) is 0 Å². The maximum atomic E-state index is 12.1. The van der Waals surface area contributed by atoms with Crippen LogP contribution in [0.15, 0.2) is 35.5 Å². The molecular formula is C17H24N6OS. The van der Waals surface area contributed by atoms with Crippen LogP contribution in [0.3, 0.4) is 0 Å². The lowest BCUT2D eigenvalue weighted by Gasteiger charge is -2.07. The molecule has 134 valence electrons. The van der Waals surface area contributed by atoms with Gasteiger partial charge in [-0.15, -0.1) is 0 Å². The molecule has 2 rings (SSSR count). The minimum absolute atomic E-state index is 0.120. The van der Waals surface area contributed by atoms with Crippen LogP contribution in [0.25, 0.3) is 0 Å². The van der Waals surface area contributed by atoms with E-state index in [1.165, 1.54) is 0 Å². The molecule has 2 aromatic rings. The predicted molar refractivity (Wildman–Crippen MR) is 104 cm³/mol. The summed E-state index contributed by atoms with van der Waals surface area (Å²) < 4.78 is 0. The maximum Gasteiger partial charge on any atom is 0.255 e. The van der Waals surface area contributed by atoms with Crippen LogP contribution in [0, 0.1) is 0 Å². The van der Waals surface area contributed by atoms with Gasteiger partial charge in [-0.3, -0.25) is 14.8 Å².